The highest BCUT2D eigenvalue weighted by molar-refractivity contribution is 5.81. The van der Waals surface area contributed by atoms with Gasteiger partial charge in [0, 0.05) is 37.8 Å². The molecule has 122 valence electrons. The molecule has 0 aliphatic carbocycles. The van der Waals surface area contributed by atoms with Crippen molar-refractivity contribution in [2.45, 2.75) is 13.8 Å². The zero-order valence-electron chi connectivity index (χ0n) is 14.1. The molecule has 0 radical (unpaired) electrons. The highest BCUT2D eigenvalue weighted by Gasteiger charge is 2.20. The molecule has 0 unspecified atom stereocenters. The molecule has 0 N–H and O–H groups in total. The van der Waals surface area contributed by atoms with Crippen molar-refractivity contribution in [1.29, 1.82) is 0 Å². The molecule has 1 aliphatic rings. The first-order chi connectivity index (χ1) is 11.7. The van der Waals surface area contributed by atoms with E-state index in [0.29, 0.717) is 0 Å². The average molecular weight is 319 g/mol. The van der Waals surface area contributed by atoms with Crippen molar-refractivity contribution in [3.63, 3.8) is 0 Å². The van der Waals surface area contributed by atoms with E-state index in [0.717, 1.165) is 49.2 Å². The molecule has 0 amide bonds. The van der Waals surface area contributed by atoms with E-state index in [2.05, 4.69) is 51.0 Å². The summed E-state index contributed by atoms with van der Waals surface area (Å²) < 4.78 is 0. The van der Waals surface area contributed by atoms with E-state index in [1.54, 1.807) is 0 Å². The summed E-state index contributed by atoms with van der Waals surface area (Å²) in [6, 6.07) is 12.5. The first-order valence-corrected chi connectivity index (χ1v) is 8.37. The summed E-state index contributed by atoms with van der Waals surface area (Å²) in [5.41, 5.74) is 2.30. The lowest BCUT2D eigenvalue weighted by Crippen LogP contribution is -2.47. The van der Waals surface area contributed by atoms with Crippen LogP contribution in [0.2, 0.25) is 0 Å². The third kappa shape index (κ3) is 2.77. The number of anilines is 2. The topological polar surface area (TPSA) is 45.2 Å². The van der Waals surface area contributed by atoms with Crippen LogP contribution in [0.1, 0.15) is 11.4 Å². The minimum Gasteiger partial charge on any atom is -0.353 e. The standard InChI is InChI=1S/C19H21N5/c1-14-13-16-5-3-4-6-17(16)22-19(14)24-11-9-23(10-12-24)18-7-8-20-15(2)21-18/h3-8,13H,9-12H2,1-2H3. The summed E-state index contributed by atoms with van der Waals surface area (Å²) in [5.74, 6) is 2.94. The van der Waals surface area contributed by atoms with Gasteiger partial charge < -0.3 is 9.80 Å². The number of hydrogen-bond acceptors (Lipinski definition) is 5. The number of piperazine rings is 1. The molecule has 24 heavy (non-hydrogen) atoms. The SMILES string of the molecule is Cc1nccc(N2CCN(c3nc4ccccc4cc3C)CC2)n1. The lowest BCUT2D eigenvalue weighted by molar-refractivity contribution is 0.639. The predicted octanol–water partition coefficient (Wildman–Crippen LogP) is 2.97. The molecule has 3 aromatic rings. The van der Waals surface area contributed by atoms with Crippen LogP contribution in [0.4, 0.5) is 11.6 Å². The molecule has 1 aliphatic heterocycles. The Morgan fingerprint density at radius 1 is 0.875 bits per heavy atom. The summed E-state index contributed by atoms with van der Waals surface area (Å²) in [7, 11) is 0. The summed E-state index contributed by atoms with van der Waals surface area (Å²) in [6.45, 7) is 7.89. The van der Waals surface area contributed by atoms with Gasteiger partial charge in [-0.3, -0.25) is 0 Å². The molecular formula is C19H21N5. The maximum atomic E-state index is 4.89. The summed E-state index contributed by atoms with van der Waals surface area (Å²) in [6.07, 6.45) is 1.83. The quantitative estimate of drug-likeness (QED) is 0.726. The second kappa shape index (κ2) is 6.07. The van der Waals surface area contributed by atoms with Crippen LogP contribution in [0.3, 0.4) is 0 Å². The molecule has 5 nitrogen and oxygen atoms in total. The molecule has 1 aromatic carbocycles. The van der Waals surface area contributed by atoms with Crippen LogP contribution in [-0.2, 0) is 0 Å². The van der Waals surface area contributed by atoms with Crippen molar-refractivity contribution in [3.8, 4) is 0 Å². The zero-order valence-corrected chi connectivity index (χ0v) is 14.1. The Morgan fingerprint density at radius 3 is 2.42 bits per heavy atom. The molecule has 2 aromatic heterocycles. The third-order valence-electron chi connectivity index (χ3n) is 4.55. The van der Waals surface area contributed by atoms with E-state index in [4.69, 9.17) is 4.98 Å². The Morgan fingerprint density at radius 2 is 1.62 bits per heavy atom. The number of hydrogen-bond donors (Lipinski definition) is 0. The largest absolute Gasteiger partial charge is 0.353 e. The van der Waals surface area contributed by atoms with E-state index < -0.39 is 0 Å². The highest BCUT2D eigenvalue weighted by Crippen LogP contribution is 2.24. The Bertz CT molecular complexity index is 869. The summed E-state index contributed by atoms with van der Waals surface area (Å²) in [5, 5.41) is 1.20. The predicted molar refractivity (Wildman–Crippen MR) is 97.7 cm³/mol. The number of aromatic nitrogens is 3. The van der Waals surface area contributed by atoms with Crippen molar-refractivity contribution < 1.29 is 0 Å². The van der Waals surface area contributed by atoms with Crippen LogP contribution >= 0.6 is 0 Å². The van der Waals surface area contributed by atoms with Gasteiger partial charge in [-0.25, -0.2) is 15.0 Å². The van der Waals surface area contributed by atoms with Crippen molar-refractivity contribution >= 4 is 22.5 Å². The van der Waals surface area contributed by atoms with Crippen LogP contribution in [0.15, 0.2) is 42.6 Å². The Labute approximate surface area is 142 Å². The lowest BCUT2D eigenvalue weighted by Gasteiger charge is -2.36. The summed E-state index contributed by atoms with van der Waals surface area (Å²) in [4.78, 5) is 18.3. The molecule has 1 saturated heterocycles. The molecule has 0 bridgehead atoms. The molecule has 5 heteroatoms. The molecule has 0 saturated carbocycles. The van der Waals surface area contributed by atoms with Gasteiger partial charge in [-0.15, -0.1) is 0 Å². The third-order valence-corrected chi connectivity index (χ3v) is 4.55. The van der Waals surface area contributed by atoms with Gasteiger partial charge in [0.05, 0.1) is 5.52 Å². The first kappa shape index (κ1) is 14.9. The second-order valence-electron chi connectivity index (χ2n) is 6.26. The monoisotopic (exact) mass is 319 g/mol. The van der Waals surface area contributed by atoms with Gasteiger partial charge in [-0.05, 0) is 37.6 Å². The van der Waals surface area contributed by atoms with E-state index in [9.17, 15) is 0 Å². The summed E-state index contributed by atoms with van der Waals surface area (Å²) >= 11 is 0. The van der Waals surface area contributed by atoms with Crippen LogP contribution < -0.4 is 9.80 Å². The fourth-order valence-corrected chi connectivity index (χ4v) is 3.30. The van der Waals surface area contributed by atoms with E-state index in [-0.39, 0.29) is 0 Å². The minimum absolute atomic E-state index is 0.821. The van der Waals surface area contributed by atoms with E-state index >= 15 is 0 Å². The highest BCUT2D eigenvalue weighted by atomic mass is 15.3. The number of benzene rings is 1. The molecule has 1 fully saturated rings. The maximum Gasteiger partial charge on any atom is 0.132 e. The average Bonchev–Trinajstić information content (AvgIpc) is 2.61. The normalized spacial score (nSPS) is 15.1. The molecule has 3 heterocycles. The number of aryl methyl sites for hydroxylation is 2. The van der Waals surface area contributed by atoms with Crippen LogP contribution in [0, 0.1) is 13.8 Å². The van der Waals surface area contributed by atoms with Crippen LogP contribution in [-0.4, -0.2) is 41.1 Å². The van der Waals surface area contributed by atoms with Crippen molar-refractivity contribution in [1.82, 2.24) is 15.0 Å². The van der Waals surface area contributed by atoms with Crippen molar-refractivity contribution in [2.75, 3.05) is 36.0 Å². The van der Waals surface area contributed by atoms with Gasteiger partial charge >= 0.3 is 0 Å². The first-order valence-electron chi connectivity index (χ1n) is 8.37. The van der Waals surface area contributed by atoms with Crippen molar-refractivity contribution in [3.05, 3.63) is 54.0 Å². The van der Waals surface area contributed by atoms with E-state index in [1.807, 2.05) is 25.3 Å². The smallest absolute Gasteiger partial charge is 0.132 e. The van der Waals surface area contributed by atoms with Gasteiger partial charge in [0.15, 0.2) is 0 Å². The minimum atomic E-state index is 0.821. The number of fused-ring (bicyclic) bond motifs is 1. The number of pyridine rings is 1. The van der Waals surface area contributed by atoms with Gasteiger partial charge in [0.25, 0.3) is 0 Å². The Hall–Kier alpha value is -2.69. The molecule has 0 spiro atoms. The van der Waals surface area contributed by atoms with Gasteiger partial charge in [0.1, 0.15) is 17.5 Å². The van der Waals surface area contributed by atoms with Gasteiger partial charge in [-0.1, -0.05) is 18.2 Å². The number of nitrogens with zero attached hydrogens (tertiary/aromatic N) is 5. The lowest BCUT2D eigenvalue weighted by atomic mass is 10.1. The second-order valence-corrected chi connectivity index (χ2v) is 6.26. The van der Waals surface area contributed by atoms with Gasteiger partial charge in [-0.2, -0.15) is 0 Å². The number of rotatable bonds is 2. The zero-order chi connectivity index (χ0) is 16.5. The van der Waals surface area contributed by atoms with Crippen LogP contribution in [0.25, 0.3) is 10.9 Å². The Kier molecular flexibility index (Phi) is 3.76. The van der Waals surface area contributed by atoms with E-state index in [1.165, 1.54) is 10.9 Å². The maximum absolute atomic E-state index is 4.89. The van der Waals surface area contributed by atoms with Crippen LogP contribution in [0.5, 0.6) is 0 Å². The fourth-order valence-electron chi connectivity index (χ4n) is 3.30. The Balaban J connectivity index is 1.54. The van der Waals surface area contributed by atoms with Gasteiger partial charge in [0.2, 0.25) is 0 Å². The molecule has 4 rings (SSSR count). The molecular weight excluding hydrogens is 298 g/mol. The fraction of sp³-hybridized carbons (Fsp3) is 0.316. The molecule has 0 atom stereocenters. The number of para-hydroxylation sites is 1. The van der Waals surface area contributed by atoms with Crippen molar-refractivity contribution in [2.24, 2.45) is 0 Å².